The Morgan fingerprint density at radius 1 is 0.162 bits per heavy atom. The van der Waals surface area contributed by atoms with Crippen LogP contribution in [0.1, 0.15) is 0 Å². The maximum atomic E-state index is 5.55. The topological polar surface area (TPSA) is 92.1 Å². The van der Waals surface area contributed by atoms with Gasteiger partial charge in [-0.1, -0.05) is 218 Å². The third-order valence-electron chi connectivity index (χ3n) is 19.3. The Morgan fingerprint density at radius 3 is 0.545 bits per heavy atom. The van der Waals surface area contributed by atoms with Crippen LogP contribution in [0.15, 0.2) is 346 Å². The first-order valence-electron chi connectivity index (χ1n) is 33.3. The molecule has 0 amide bonds. The average molecular weight is 1260 g/mol. The lowest BCUT2D eigenvalue weighted by atomic mass is 10.0. The lowest BCUT2D eigenvalue weighted by Gasteiger charge is -2.13. The van der Waals surface area contributed by atoms with Gasteiger partial charge in [-0.15, -0.1) is 0 Å². The van der Waals surface area contributed by atoms with Crippen LogP contribution in [0.2, 0.25) is 0 Å². The van der Waals surface area contributed by atoms with Crippen LogP contribution >= 0.6 is 0 Å². The average Bonchev–Trinajstić information content (AvgIpc) is 1.63. The van der Waals surface area contributed by atoms with Gasteiger partial charge in [-0.05, 0) is 176 Å². The highest BCUT2D eigenvalue weighted by Gasteiger charge is 2.23. The Hall–Kier alpha value is -13.5. The van der Waals surface area contributed by atoms with Gasteiger partial charge in [0.1, 0.15) is 17.5 Å². The molecule has 0 saturated carbocycles. The first kappa shape index (κ1) is 57.0. The minimum absolute atomic E-state index is 0.511. The largest absolute Gasteiger partial charge is 0.294 e. The van der Waals surface area contributed by atoms with E-state index in [9.17, 15) is 0 Å². The van der Waals surface area contributed by atoms with Crippen molar-refractivity contribution in [1.82, 2.24) is 43.6 Å². The summed E-state index contributed by atoms with van der Waals surface area (Å²) in [6.07, 6.45) is 5.57. The molecule has 0 aliphatic rings. The zero-order chi connectivity index (χ0) is 65.3. The number of benzene rings is 13. The fourth-order valence-corrected chi connectivity index (χ4v) is 14.5. The number of nitrogens with zero attached hydrogens (tertiary/aromatic N) is 9. The van der Waals surface area contributed by atoms with Gasteiger partial charge in [0.05, 0.1) is 33.1 Å². The first-order chi connectivity index (χ1) is 49.0. The van der Waals surface area contributed by atoms with E-state index in [0.29, 0.717) is 17.5 Å². The van der Waals surface area contributed by atoms with E-state index in [1.165, 1.54) is 0 Å². The fraction of sp³-hybridized carbons (Fsp3) is 0. The molecule has 99 heavy (non-hydrogen) atoms. The number of aromatic nitrogens is 9. The molecular formula is C90H57N9. The summed E-state index contributed by atoms with van der Waals surface area (Å²) in [7, 11) is 0. The highest BCUT2D eigenvalue weighted by atomic mass is 15.1. The van der Waals surface area contributed by atoms with Gasteiger partial charge in [0.25, 0.3) is 0 Å². The van der Waals surface area contributed by atoms with Gasteiger partial charge in [-0.3, -0.25) is 13.7 Å². The van der Waals surface area contributed by atoms with E-state index in [-0.39, 0.29) is 0 Å². The van der Waals surface area contributed by atoms with Crippen molar-refractivity contribution in [3.63, 3.8) is 0 Å². The molecule has 0 bridgehead atoms. The summed E-state index contributed by atoms with van der Waals surface area (Å²) < 4.78 is 6.79. The normalized spacial score (nSPS) is 11.6. The molecule has 0 saturated heterocycles. The van der Waals surface area contributed by atoms with Crippen molar-refractivity contribution in [3.05, 3.63) is 346 Å². The minimum Gasteiger partial charge on any atom is -0.294 e. The van der Waals surface area contributed by atoms with Crippen LogP contribution < -0.4 is 0 Å². The summed E-state index contributed by atoms with van der Waals surface area (Å²) in [5.41, 5.74) is 22.1. The van der Waals surface area contributed by atoms with Crippen molar-refractivity contribution in [2.24, 2.45) is 0 Å². The molecular weight excluding hydrogens is 1210 g/mol. The van der Waals surface area contributed by atoms with Crippen LogP contribution in [0.4, 0.5) is 0 Å². The van der Waals surface area contributed by atoms with E-state index in [4.69, 9.17) is 29.9 Å². The fourth-order valence-electron chi connectivity index (χ4n) is 14.5. The van der Waals surface area contributed by atoms with E-state index >= 15 is 0 Å². The quantitative estimate of drug-likeness (QED) is 0.121. The Balaban J connectivity index is 0.797. The predicted molar refractivity (Wildman–Crippen MR) is 405 cm³/mol. The van der Waals surface area contributed by atoms with Crippen LogP contribution in [0.3, 0.4) is 0 Å². The molecule has 462 valence electrons. The van der Waals surface area contributed by atoms with Crippen molar-refractivity contribution in [2.75, 3.05) is 0 Å². The summed E-state index contributed by atoms with van der Waals surface area (Å²) in [6.45, 7) is 0. The van der Waals surface area contributed by atoms with Crippen LogP contribution in [0, 0.1) is 0 Å². The summed E-state index contributed by atoms with van der Waals surface area (Å²) in [5, 5.41) is 6.73. The molecule has 0 fully saturated rings. The van der Waals surface area contributed by atoms with Crippen molar-refractivity contribution in [2.45, 2.75) is 0 Å². The van der Waals surface area contributed by atoms with Crippen molar-refractivity contribution in [1.29, 1.82) is 0 Å². The molecule has 9 nitrogen and oxygen atoms in total. The standard InChI is InChI=1S/C90H57N9/c1-7-19-58(20-8-1)64-31-37-79-73(52-64)74-53-65(59-21-9-2-10-22-59)32-38-80(74)97(79)85-43-46-91-88(94-85)70-49-71(89-92-47-44-86(95-89)98-81-39-33-66(60-23-11-3-12-24-60)54-75(81)76-55-67(34-40-82(76)98)61-25-13-4-14-26-61)51-72(50-70)90-93-48-45-87(96-90)99-83-41-35-68(62-27-15-5-16-28-62)56-77(83)78-57-69(36-42-84(78)99)63-29-17-6-18-30-63/h1-57H. The van der Waals surface area contributed by atoms with Gasteiger partial charge in [0.15, 0.2) is 17.5 Å². The van der Waals surface area contributed by atoms with E-state index in [2.05, 4.69) is 323 Å². The molecule has 9 heteroatoms. The third-order valence-corrected chi connectivity index (χ3v) is 19.3. The lowest BCUT2D eigenvalue weighted by Crippen LogP contribution is -2.03. The van der Waals surface area contributed by atoms with Crippen LogP contribution in [-0.4, -0.2) is 43.6 Å². The van der Waals surface area contributed by atoms with Gasteiger partial charge in [-0.2, -0.15) is 0 Å². The SMILES string of the molecule is c1ccc(-c2ccc3c(c2)c2cc(-c4ccccc4)ccc2n3-c2ccnc(-c3cc(-c4nccc(-n5c6ccc(-c7ccccc7)cc6c6cc(-c7ccccc7)ccc65)n4)cc(-c4nccc(-n5c6ccc(-c7ccccc7)cc6c6cc(-c7ccccc7)ccc65)n4)c3)n2)cc1. The second-order valence-electron chi connectivity index (χ2n) is 25.1. The summed E-state index contributed by atoms with van der Waals surface area (Å²) in [4.78, 5) is 32.0. The summed E-state index contributed by atoms with van der Waals surface area (Å²) in [6, 6.07) is 116. The third kappa shape index (κ3) is 10.1. The smallest absolute Gasteiger partial charge is 0.161 e. The molecule has 0 aliphatic heterocycles. The van der Waals surface area contributed by atoms with E-state index < -0.39 is 0 Å². The molecule has 0 atom stereocenters. The van der Waals surface area contributed by atoms with Gasteiger partial charge < -0.3 is 0 Å². The molecule has 0 aliphatic carbocycles. The molecule has 19 aromatic rings. The number of hydrogen-bond acceptors (Lipinski definition) is 6. The van der Waals surface area contributed by atoms with E-state index in [0.717, 1.165) is 166 Å². The lowest BCUT2D eigenvalue weighted by molar-refractivity contribution is 1.04. The molecule has 0 unspecified atom stereocenters. The summed E-state index contributed by atoms with van der Waals surface area (Å²) in [5.74, 6) is 3.69. The molecule has 6 aromatic heterocycles. The molecule has 13 aromatic carbocycles. The minimum atomic E-state index is 0.511. The zero-order valence-electron chi connectivity index (χ0n) is 53.4. The predicted octanol–water partition coefficient (Wildman–Crippen LogP) is 22.4. The highest BCUT2D eigenvalue weighted by Crippen LogP contribution is 2.42. The Bertz CT molecular complexity index is 5410. The van der Waals surface area contributed by atoms with Crippen molar-refractivity contribution < 1.29 is 0 Å². The van der Waals surface area contributed by atoms with Crippen molar-refractivity contribution in [3.8, 4) is 118 Å². The van der Waals surface area contributed by atoms with Crippen LogP contribution in [0.25, 0.3) is 184 Å². The Morgan fingerprint density at radius 2 is 0.354 bits per heavy atom. The number of fused-ring (bicyclic) bond motifs is 9. The van der Waals surface area contributed by atoms with Gasteiger partial charge in [0.2, 0.25) is 0 Å². The summed E-state index contributed by atoms with van der Waals surface area (Å²) >= 11 is 0. The van der Waals surface area contributed by atoms with Gasteiger partial charge in [-0.25, -0.2) is 29.9 Å². The molecule has 19 rings (SSSR count). The van der Waals surface area contributed by atoms with Crippen LogP contribution in [0.5, 0.6) is 0 Å². The zero-order valence-corrected chi connectivity index (χ0v) is 53.4. The monoisotopic (exact) mass is 1260 g/mol. The molecule has 0 spiro atoms. The van der Waals surface area contributed by atoms with Gasteiger partial charge >= 0.3 is 0 Å². The Kier molecular flexibility index (Phi) is 13.7. The Labute approximate surface area is 570 Å². The second-order valence-corrected chi connectivity index (χ2v) is 25.1. The van der Waals surface area contributed by atoms with E-state index in [1.807, 2.05) is 36.8 Å². The maximum Gasteiger partial charge on any atom is 0.161 e. The maximum absolute atomic E-state index is 5.55. The molecule has 0 N–H and O–H groups in total. The van der Waals surface area contributed by atoms with E-state index in [1.54, 1.807) is 0 Å². The first-order valence-corrected chi connectivity index (χ1v) is 33.3. The number of hydrogen-bond donors (Lipinski definition) is 0. The van der Waals surface area contributed by atoms with Crippen LogP contribution in [-0.2, 0) is 0 Å². The molecule has 6 heterocycles. The van der Waals surface area contributed by atoms with Gasteiger partial charge in [0, 0.05) is 67.6 Å². The second kappa shape index (κ2) is 23.8. The molecule has 0 radical (unpaired) electrons. The number of rotatable bonds is 12. The van der Waals surface area contributed by atoms with Crippen molar-refractivity contribution >= 4 is 65.4 Å². The highest BCUT2D eigenvalue weighted by molar-refractivity contribution is 6.14.